The number of fused-ring (bicyclic) bond motifs is 3. The average molecular weight is 470 g/mol. The van der Waals surface area contributed by atoms with Crippen molar-refractivity contribution in [3.63, 3.8) is 0 Å². The van der Waals surface area contributed by atoms with Gasteiger partial charge in [0.1, 0.15) is 5.75 Å². The van der Waals surface area contributed by atoms with Crippen molar-refractivity contribution in [3.8, 4) is 5.75 Å². The Bertz CT molecular complexity index is 1370. The van der Waals surface area contributed by atoms with E-state index in [0.717, 1.165) is 10.1 Å². The zero-order chi connectivity index (χ0) is 21.3. The van der Waals surface area contributed by atoms with E-state index in [0.29, 0.717) is 16.7 Å². The second-order valence-electron chi connectivity index (χ2n) is 7.58. The summed E-state index contributed by atoms with van der Waals surface area (Å²) in [6, 6.07) is 5.95. The lowest BCUT2D eigenvalue weighted by Crippen LogP contribution is -2.40. The standard InChI is InChI=1S/C21H16BrN3O5/c1-23-20(29)24-6-5-12-15(25(24)21(23)30)8-13-18(16(27)9-14(22)19(13)28)17(12)10-3-2-4-11(26)7-10/h2-5,7,9,15,17,26H,6,8H2,1H3/t15-,17+/m1/s1. The van der Waals surface area contributed by atoms with Gasteiger partial charge in [0.15, 0.2) is 11.6 Å². The van der Waals surface area contributed by atoms with Crippen LogP contribution in [0.4, 0.5) is 0 Å². The number of aromatic hydroxyl groups is 1. The van der Waals surface area contributed by atoms with E-state index in [1.165, 1.54) is 28.6 Å². The minimum absolute atomic E-state index is 0.0354. The van der Waals surface area contributed by atoms with Crippen LogP contribution in [0, 0.1) is 0 Å². The van der Waals surface area contributed by atoms with Crippen LogP contribution in [0.1, 0.15) is 23.9 Å². The zero-order valence-corrected chi connectivity index (χ0v) is 17.4. The van der Waals surface area contributed by atoms with Crippen LogP contribution in [0.2, 0.25) is 0 Å². The Hall–Kier alpha value is -3.20. The number of hydrogen-bond acceptors (Lipinski definition) is 5. The van der Waals surface area contributed by atoms with Gasteiger partial charge in [0, 0.05) is 36.6 Å². The first kappa shape index (κ1) is 18.8. The molecule has 2 heterocycles. The summed E-state index contributed by atoms with van der Waals surface area (Å²) in [4.78, 5) is 51.2. The molecule has 152 valence electrons. The van der Waals surface area contributed by atoms with Crippen molar-refractivity contribution in [1.82, 2.24) is 13.9 Å². The first-order chi connectivity index (χ1) is 14.3. The van der Waals surface area contributed by atoms with E-state index in [2.05, 4.69) is 15.9 Å². The minimum atomic E-state index is -0.602. The van der Waals surface area contributed by atoms with Gasteiger partial charge in [-0.05, 0) is 39.2 Å². The molecule has 1 aliphatic heterocycles. The molecule has 0 unspecified atom stereocenters. The highest BCUT2D eigenvalue weighted by Gasteiger charge is 2.44. The predicted molar refractivity (Wildman–Crippen MR) is 111 cm³/mol. The number of phenols is 1. The predicted octanol–water partition coefficient (Wildman–Crippen LogP) is 1.45. The van der Waals surface area contributed by atoms with Gasteiger partial charge in [0.25, 0.3) is 0 Å². The normalized spacial score (nSPS) is 22.9. The second kappa shape index (κ2) is 6.40. The third-order valence-electron chi connectivity index (χ3n) is 5.99. The van der Waals surface area contributed by atoms with E-state index in [4.69, 9.17) is 0 Å². The summed E-state index contributed by atoms with van der Waals surface area (Å²) in [5, 5.41) is 10.0. The smallest absolute Gasteiger partial charge is 0.347 e. The van der Waals surface area contributed by atoms with Gasteiger partial charge in [0.05, 0.1) is 17.1 Å². The number of Topliss-reactive ketones (excluding diaryl/α,β-unsaturated/α-hetero) is 1. The van der Waals surface area contributed by atoms with Crippen LogP contribution in [0.25, 0.3) is 0 Å². The number of carbonyl (C=O) groups excluding carboxylic acids is 2. The Morgan fingerprint density at radius 1 is 1.13 bits per heavy atom. The summed E-state index contributed by atoms with van der Waals surface area (Å²) in [5.41, 5.74) is 1.18. The zero-order valence-electron chi connectivity index (χ0n) is 15.8. The van der Waals surface area contributed by atoms with E-state index in [1.54, 1.807) is 18.2 Å². The van der Waals surface area contributed by atoms with E-state index in [9.17, 15) is 24.3 Å². The summed E-state index contributed by atoms with van der Waals surface area (Å²) in [6.45, 7) is 0.181. The fraction of sp³-hybridized carbons (Fsp3) is 0.238. The number of hydrogen-bond donors (Lipinski definition) is 1. The fourth-order valence-corrected chi connectivity index (χ4v) is 5.12. The van der Waals surface area contributed by atoms with Crippen LogP contribution >= 0.6 is 15.9 Å². The van der Waals surface area contributed by atoms with Crippen molar-refractivity contribution in [1.29, 1.82) is 0 Å². The van der Waals surface area contributed by atoms with E-state index >= 15 is 0 Å². The van der Waals surface area contributed by atoms with Crippen LogP contribution in [0.15, 0.2) is 67.2 Å². The van der Waals surface area contributed by atoms with Crippen molar-refractivity contribution in [3.05, 3.63) is 84.2 Å². The molecule has 1 aromatic carbocycles. The van der Waals surface area contributed by atoms with E-state index in [1.807, 2.05) is 6.08 Å². The van der Waals surface area contributed by atoms with Crippen LogP contribution in [-0.2, 0) is 23.2 Å². The maximum absolute atomic E-state index is 13.0. The largest absolute Gasteiger partial charge is 0.508 e. The van der Waals surface area contributed by atoms with Gasteiger partial charge in [-0.25, -0.2) is 23.5 Å². The van der Waals surface area contributed by atoms with Gasteiger partial charge in [-0.15, -0.1) is 0 Å². The van der Waals surface area contributed by atoms with Gasteiger partial charge >= 0.3 is 11.4 Å². The molecule has 9 heteroatoms. The van der Waals surface area contributed by atoms with Crippen molar-refractivity contribution in [2.75, 3.05) is 0 Å². The molecule has 1 aromatic heterocycles. The second-order valence-corrected chi connectivity index (χ2v) is 8.44. The Morgan fingerprint density at radius 2 is 1.90 bits per heavy atom. The highest BCUT2D eigenvalue weighted by Crippen LogP contribution is 2.50. The molecule has 2 aliphatic carbocycles. The third kappa shape index (κ3) is 2.44. The first-order valence-electron chi connectivity index (χ1n) is 9.36. The molecule has 0 radical (unpaired) electrons. The summed E-state index contributed by atoms with van der Waals surface area (Å²) in [7, 11) is 1.41. The number of rotatable bonds is 1. The molecule has 0 amide bonds. The Balaban J connectivity index is 1.80. The third-order valence-corrected chi connectivity index (χ3v) is 6.58. The maximum Gasteiger partial charge on any atom is 0.347 e. The number of ketones is 2. The van der Waals surface area contributed by atoms with Crippen molar-refractivity contribution in [2.45, 2.75) is 24.9 Å². The molecule has 1 N–H and O–H groups in total. The molecule has 2 atom stereocenters. The molecule has 0 spiro atoms. The Kier molecular flexibility index (Phi) is 4.01. The Labute approximate surface area is 178 Å². The van der Waals surface area contributed by atoms with Crippen molar-refractivity contribution in [2.24, 2.45) is 7.05 Å². The first-order valence-corrected chi connectivity index (χ1v) is 10.2. The highest BCUT2D eigenvalue weighted by molar-refractivity contribution is 9.12. The van der Waals surface area contributed by atoms with Gasteiger partial charge in [-0.3, -0.25) is 9.59 Å². The molecule has 0 bridgehead atoms. The van der Waals surface area contributed by atoms with Gasteiger partial charge < -0.3 is 5.11 Å². The Morgan fingerprint density at radius 3 is 2.63 bits per heavy atom. The molecule has 0 saturated heterocycles. The van der Waals surface area contributed by atoms with Crippen LogP contribution in [-0.4, -0.2) is 30.6 Å². The van der Waals surface area contributed by atoms with E-state index < -0.39 is 23.3 Å². The topological polar surface area (TPSA) is 103 Å². The van der Waals surface area contributed by atoms with Gasteiger partial charge in [-0.1, -0.05) is 18.2 Å². The maximum atomic E-state index is 13.0. The number of halogens is 1. The lowest BCUT2D eigenvalue weighted by Gasteiger charge is -2.39. The average Bonchev–Trinajstić information content (AvgIpc) is 2.95. The molecule has 5 rings (SSSR count). The van der Waals surface area contributed by atoms with Gasteiger partial charge in [-0.2, -0.15) is 0 Å². The number of carbonyl (C=O) groups is 2. The fourth-order valence-electron chi connectivity index (χ4n) is 4.67. The molecule has 30 heavy (non-hydrogen) atoms. The number of phenolic OH excluding ortho intramolecular Hbond substituents is 1. The number of benzene rings is 1. The van der Waals surface area contributed by atoms with Crippen molar-refractivity contribution < 1.29 is 14.7 Å². The quantitative estimate of drug-likeness (QED) is 0.502. The van der Waals surface area contributed by atoms with Crippen LogP contribution < -0.4 is 11.4 Å². The number of aromatic nitrogens is 3. The number of allylic oxidation sites excluding steroid dienone is 6. The summed E-state index contributed by atoms with van der Waals surface area (Å²) >= 11 is 3.17. The lowest BCUT2D eigenvalue weighted by atomic mass is 9.69. The summed E-state index contributed by atoms with van der Waals surface area (Å²) < 4.78 is 3.93. The number of nitrogens with zero attached hydrogens (tertiary/aromatic N) is 3. The summed E-state index contributed by atoms with van der Waals surface area (Å²) in [5.74, 6) is -1.16. The molecule has 2 aromatic rings. The molecule has 3 aliphatic rings. The molecule has 0 saturated carbocycles. The molecule has 8 nitrogen and oxygen atoms in total. The van der Waals surface area contributed by atoms with Crippen molar-refractivity contribution >= 4 is 27.5 Å². The van der Waals surface area contributed by atoms with Crippen LogP contribution in [0.3, 0.4) is 0 Å². The molecular weight excluding hydrogens is 454 g/mol. The minimum Gasteiger partial charge on any atom is -0.508 e. The lowest BCUT2D eigenvalue weighted by molar-refractivity contribution is -0.115. The highest BCUT2D eigenvalue weighted by atomic mass is 79.9. The summed E-state index contributed by atoms with van der Waals surface area (Å²) in [6.07, 6.45) is 3.24. The molecule has 0 fully saturated rings. The van der Waals surface area contributed by atoms with E-state index in [-0.39, 0.29) is 34.8 Å². The molecular formula is C21H16BrN3O5. The van der Waals surface area contributed by atoms with Gasteiger partial charge in [0.2, 0.25) is 0 Å². The van der Waals surface area contributed by atoms with Crippen LogP contribution in [0.5, 0.6) is 5.75 Å². The monoisotopic (exact) mass is 469 g/mol. The SMILES string of the molecule is Cn1c(=O)n2n(c1=O)[C@@H]1CC3=C(C(=O)C=C(Br)C3=O)[C@@H](c3cccc(O)c3)C1=CC2.